The average Bonchev–Trinajstić information content (AvgIpc) is 3.18. The Balaban J connectivity index is 0.00000341. The molecule has 0 bridgehead atoms. The van der Waals surface area contributed by atoms with E-state index in [9.17, 15) is 4.79 Å². The summed E-state index contributed by atoms with van der Waals surface area (Å²) in [4.78, 5) is 19.9. The summed E-state index contributed by atoms with van der Waals surface area (Å²) >= 11 is 0. The minimum absolute atomic E-state index is 0. The fourth-order valence-electron chi connectivity index (χ4n) is 3.54. The number of nitrogens with zero attached hydrogens (tertiary/aromatic N) is 1. The second-order valence-electron chi connectivity index (χ2n) is 7.28. The smallest absolute Gasteiger partial charge is 0.251 e. The second-order valence-corrected chi connectivity index (χ2v) is 7.28. The predicted octanol–water partition coefficient (Wildman–Crippen LogP) is 3.79. The summed E-state index contributed by atoms with van der Waals surface area (Å²) in [6.07, 6.45) is 3.79. The number of aryl methyl sites for hydroxylation is 1. The molecule has 4 N–H and O–H groups in total. The summed E-state index contributed by atoms with van der Waals surface area (Å²) in [5.41, 5.74) is 5.57. The van der Waals surface area contributed by atoms with Gasteiger partial charge in [-0.05, 0) is 55.5 Å². The third kappa shape index (κ3) is 6.72. The minimum Gasteiger partial charge on any atom is -0.361 e. The van der Waals surface area contributed by atoms with Gasteiger partial charge in [0.25, 0.3) is 5.91 Å². The van der Waals surface area contributed by atoms with Gasteiger partial charge in [0.2, 0.25) is 0 Å². The maximum absolute atomic E-state index is 11.8. The van der Waals surface area contributed by atoms with Crippen molar-refractivity contribution < 1.29 is 4.79 Å². The highest BCUT2D eigenvalue weighted by atomic mass is 127. The van der Waals surface area contributed by atoms with Crippen molar-refractivity contribution in [3.8, 4) is 0 Å². The Morgan fingerprint density at radius 3 is 2.68 bits per heavy atom. The number of hydrogen-bond acceptors (Lipinski definition) is 2. The van der Waals surface area contributed by atoms with E-state index < -0.39 is 0 Å². The molecule has 3 rings (SSSR count). The molecule has 0 unspecified atom stereocenters. The lowest BCUT2D eigenvalue weighted by Crippen LogP contribution is -2.38. The number of carbonyl (C=O) groups is 1. The van der Waals surface area contributed by atoms with Crippen LogP contribution in [0.25, 0.3) is 10.9 Å². The summed E-state index contributed by atoms with van der Waals surface area (Å²) in [6, 6.07) is 14.1. The number of guanidine groups is 1. The Labute approximate surface area is 201 Å². The predicted molar refractivity (Wildman–Crippen MR) is 140 cm³/mol. The van der Waals surface area contributed by atoms with E-state index in [-0.39, 0.29) is 29.9 Å². The Morgan fingerprint density at radius 1 is 1.10 bits per heavy atom. The number of aliphatic imine (C=N–C) groups is 1. The standard InChI is InChI=1S/C24H31N5O.HI/c1-4-26-24(27-13-11-18-8-6-9-19(15-18)23(30)25-3)28-14-12-20-16-29-22-17(2)7-5-10-21(20)22;/h5-10,15-16,29H,4,11-14H2,1-3H3,(H,25,30)(H2,26,27,28);1H. The lowest BCUT2D eigenvalue weighted by molar-refractivity contribution is 0.0963. The molecular formula is C24H32IN5O. The highest BCUT2D eigenvalue weighted by Gasteiger charge is 2.06. The van der Waals surface area contributed by atoms with Crippen molar-refractivity contribution in [2.45, 2.75) is 26.7 Å². The number of rotatable bonds is 8. The van der Waals surface area contributed by atoms with Crippen LogP contribution in [0.2, 0.25) is 0 Å². The van der Waals surface area contributed by atoms with E-state index in [0.717, 1.165) is 37.5 Å². The van der Waals surface area contributed by atoms with Gasteiger partial charge in [-0.25, -0.2) is 0 Å². The lowest BCUT2D eigenvalue weighted by atomic mass is 10.1. The third-order valence-corrected chi connectivity index (χ3v) is 5.13. The number of benzene rings is 2. The van der Waals surface area contributed by atoms with Crippen LogP contribution < -0.4 is 16.0 Å². The third-order valence-electron chi connectivity index (χ3n) is 5.13. The van der Waals surface area contributed by atoms with Gasteiger partial charge in [0, 0.05) is 49.3 Å². The second kappa shape index (κ2) is 12.3. The van der Waals surface area contributed by atoms with Crippen molar-refractivity contribution >= 4 is 46.7 Å². The summed E-state index contributed by atoms with van der Waals surface area (Å²) in [6.45, 7) is 6.45. The molecule has 0 aliphatic heterocycles. The zero-order valence-electron chi connectivity index (χ0n) is 18.4. The van der Waals surface area contributed by atoms with Crippen molar-refractivity contribution in [2.24, 2.45) is 4.99 Å². The first-order chi connectivity index (χ1) is 14.6. The zero-order chi connectivity index (χ0) is 21.3. The molecule has 6 nitrogen and oxygen atoms in total. The van der Waals surface area contributed by atoms with E-state index in [1.54, 1.807) is 7.05 Å². The molecule has 166 valence electrons. The number of amides is 1. The first kappa shape index (κ1) is 24.7. The van der Waals surface area contributed by atoms with Crippen LogP contribution in [0.1, 0.15) is 34.0 Å². The van der Waals surface area contributed by atoms with Crippen LogP contribution in [0, 0.1) is 6.92 Å². The number of hydrogen-bond donors (Lipinski definition) is 4. The van der Waals surface area contributed by atoms with Gasteiger partial charge in [-0.3, -0.25) is 9.79 Å². The zero-order valence-corrected chi connectivity index (χ0v) is 20.7. The number of carbonyl (C=O) groups excluding carboxylic acids is 1. The highest BCUT2D eigenvalue weighted by Crippen LogP contribution is 2.21. The van der Waals surface area contributed by atoms with Gasteiger partial charge >= 0.3 is 0 Å². The Bertz CT molecular complexity index is 1030. The van der Waals surface area contributed by atoms with Gasteiger partial charge in [0.05, 0.1) is 0 Å². The Hall–Kier alpha value is -2.55. The molecule has 0 spiro atoms. The van der Waals surface area contributed by atoms with Crippen LogP contribution in [-0.4, -0.2) is 43.5 Å². The molecule has 0 aliphatic rings. The first-order valence-electron chi connectivity index (χ1n) is 10.5. The summed E-state index contributed by atoms with van der Waals surface area (Å²) in [7, 11) is 1.65. The molecule has 31 heavy (non-hydrogen) atoms. The molecule has 7 heteroatoms. The van der Waals surface area contributed by atoms with Crippen molar-refractivity contribution in [2.75, 3.05) is 26.7 Å². The number of aromatic amines is 1. The lowest BCUT2D eigenvalue weighted by Gasteiger charge is -2.11. The average molecular weight is 533 g/mol. The first-order valence-corrected chi connectivity index (χ1v) is 10.5. The van der Waals surface area contributed by atoms with Crippen LogP contribution in [0.15, 0.2) is 53.7 Å². The van der Waals surface area contributed by atoms with Crippen LogP contribution in [0.3, 0.4) is 0 Å². The number of fused-ring (bicyclic) bond motifs is 1. The van der Waals surface area contributed by atoms with E-state index in [2.05, 4.69) is 59.2 Å². The fraction of sp³-hybridized carbons (Fsp3) is 0.333. The number of H-pyrrole nitrogens is 1. The molecule has 0 saturated heterocycles. The van der Waals surface area contributed by atoms with Gasteiger partial charge < -0.3 is 20.9 Å². The van der Waals surface area contributed by atoms with Crippen LogP contribution in [-0.2, 0) is 12.8 Å². The van der Waals surface area contributed by atoms with Crippen molar-refractivity contribution in [3.05, 3.63) is 70.9 Å². The number of nitrogens with one attached hydrogen (secondary N) is 4. The number of halogens is 1. The minimum atomic E-state index is -0.0628. The van der Waals surface area contributed by atoms with Crippen molar-refractivity contribution in [1.82, 2.24) is 20.9 Å². The van der Waals surface area contributed by atoms with E-state index in [0.29, 0.717) is 12.1 Å². The largest absolute Gasteiger partial charge is 0.361 e. The molecule has 3 aromatic rings. The molecule has 1 amide bonds. The molecule has 1 aromatic heterocycles. The normalized spacial score (nSPS) is 11.1. The summed E-state index contributed by atoms with van der Waals surface area (Å²) in [5, 5.41) is 10.6. The molecule has 0 fully saturated rings. The number of para-hydroxylation sites is 1. The Kier molecular flexibility index (Phi) is 9.84. The highest BCUT2D eigenvalue weighted by molar-refractivity contribution is 14.0. The van der Waals surface area contributed by atoms with E-state index >= 15 is 0 Å². The van der Waals surface area contributed by atoms with Crippen LogP contribution >= 0.6 is 24.0 Å². The van der Waals surface area contributed by atoms with Crippen molar-refractivity contribution in [3.63, 3.8) is 0 Å². The van der Waals surface area contributed by atoms with Gasteiger partial charge in [0.15, 0.2) is 5.96 Å². The van der Waals surface area contributed by atoms with E-state index in [4.69, 9.17) is 4.99 Å². The monoisotopic (exact) mass is 533 g/mol. The molecular weight excluding hydrogens is 501 g/mol. The van der Waals surface area contributed by atoms with Gasteiger partial charge in [-0.15, -0.1) is 24.0 Å². The van der Waals surface area contributed by atoms with Crippen molar-refractivity contribution in [1.29, 1.82) is 0 Å². The maximum Gasteiger partial charge on any atom is 0.251 e. The molecule has 0 radical (unpaired) electrons. The quantitative estimate of drug-likeness (QED) is 0.202. The summed E-state index contributed by atoms with van der Waals surface area (Å²) in [5.74, 6) is 0.753. The maximum atomic E-state index is 11.8. The number of aromatic nitrogens is 1. The topological polar surface area (TPSA) is 81.3 Å². The van der Waals surface area contributed by atoms with E-state index in [1.807, 2.05) is 24.3 Å². The molecule has 0 saturated carbocycles. The van der Waals surface area contributed by atoms with E-state index in [1.165, 1.54) is 22.0 Å². The van der Waals surface area contributed by atoms with Crippen LogP contribution in [0.4, 0.5) is 0 Å². The van der Waals surface area contributed by atoms with Gasteiger partial charge in [-0.2, -0.15) is 0 Å². The van der Waals surface area contributed by atoms with Gasteiger partial charge in [-0.1, -0.05) is 30.3 Å². The SMILES string of the molecule is CCNC(=NCCc1c[nH]c2c(C)cccc12)NCCc1cccc(C(=O)NC)c1.I. The van der Waals surface area contributed by atoms with Gasteiger partial charge in [0.1, 0.15) is 0 Å². The molecule has 0 atom stereocenters. The molecule has 2 aromatic carbocycles. The fourth-order valence-corrected chi connectivity index (χ4v) is 3.54. The summed E-state index contributed by atoms with van der Waals surface area (Å²) < 4.78 is 0. The molecule has 1 heterocycles. The van der Waals surface area contributed by atoms with Crippen LogP contribution in [0.5, 0.6) is 0 Å². The molecule has 0 aliphatic carbocycles. The Morgan fingerprint density at radius 2 is 1.90 bits per heavy atom.